The number of carbonyl (C=O) groups is 1. The second-order valence-corrected chi connectivity index (χ2v) is 6.95. The summed E-state index contributed by atoms with van der Waals surface area (Å²) in [7, 11) is 0. The molecule has 1 aliphatic rings. The van der Waals surface area contributed by atoms with Gasteiger partial charge in [0.15, 0.2) is 0 Å². The molecule has 0 amide bonds. The van der Waals surface area contributed by atoms with Gasteiger partial charge in [0.2, 0.25) is 5.83 Å². The van der Waals surface area contributed by atoms with Crippen molar-refractivity contribution in [1.29, 1.82) is 0 Å². The van der Waals surface area contributed by atoms with E-state index in [1.165, 1.54) is 11.1 Å². The minimum atomic E-state index is -1.54. The van der Waals surface area contributed by atoms with Crippen LogP contribution < -0.4 is 4.74 Å². The van der Waals surface area contributed by atoms with Crippen molar-refractivity contribution in [3.8, 4) is 5.75 Å². The maximum absolute atomic E-state index is 14.3. The highest BCUT2D eigenvalue weighted by Crippen LogP contribution is 2.44. The summed E-state index contributed by atoms with van der Waals surface area (Å²) in [5.74, 6) is -2.09. The Hall–Kier alpha value is -2.10. The quantitative estimate of drug-likeness (QED) is 0.669. The van der Waals surface area contributed by atoms with Crippen LogP contribution in [0.3, 0.4) is 0 Å². The molecule has 0 bridgehead atoms. The molecule has 2 rings (SSSR count). The number of allylic oxidation sites excluding steroid dienone is 3. The van der Waals surface area contributed by atoms with Crippen LogP contribution in [0.5, 0.6) is 5.75 Å². The second-order valence-electron chi connectivity index (χ2n) is 6.95. The molecular weight excluding hydrogens is 319 g/mol. The Labute approximate surface area is 149 Å². The zero-order chi connectivity index (χ0) is 18.8. The molecule has 0 aliphatic heterocycles. The van der Waals surface area contributed by atoms with Crippen LogP contribution in [0, 0.1) is 0 Å². The molecule has 0 spiro atoms. The Bertz CT molecular complexity index is 742. The van der Waals surface area contributed by atoms with Gasteiger partial charge in [0.1, 0.15) is 5.75 Å². The van der Waals surface area contributed by atoms with Crippen LogP contribution in [0.25, 0.3) is 11.1 Å². The molecule has 0 radical (unpaired) electrons. The molecule has 0 unspecified atom stereocenters. The lowest BCUT2D eigenvalue weighted by Crippen LogP contribution is -2.22. The lowest BCUT2D eigenvalue weighted by molar-refractivity contribution is -0.134. The molecule has 3 nitrogen and oxygen atoms in total. The SMILES string of the molecule is CCOc1cc2c(cc1/C(CC)=C(/F)C(=O)O)C(CC)=CCC2(C)C. The molecule has 4 heteroatoms. The third-order valence-corrected chi connectivity index (χ3v) is 4.87. The highest BCUT2D eigenvalue weighted by Gasteiger charge is 2.30. The second kappa shape index (κ2) is 7.42. The number of aliphatic carboxylic acids is 1. The van der Waals surface area contributed by atoms with E-state index in [9.17, 15) is 9.18 Å². The van der Waals surface area contributed by atoms with Gasteiger partial charge in [-0.25, -0.2) is 4.79 Å². The number of hydrogen-bond acceptors (Lipinski definition) is 2. The number of carboxylic acids is 1. The predicted octanol–water partition coefficient (Wildman–Crippen LogP) is 5.74. The Morgan fingerprint density at radius 2 is 1.96 bits per heavy atom. The van der Waals surface area contributed by atoms with Crippen LogP contribution in [-0.2, 0) is 10.2 Å². The summed E-state index contributed by atoms with van der Waals surface area (Å²) in [6.45, 7) is 10.5. The summed E-state index contributed by atoms with van der Waals surface area (Å²) in [4.78, 5) is 11.2. The zero-order valence-electron chi connectivity index (χ0n) is 15.7. The van der Waals surface area contributed by atoms with E-state index in [0.29, 0.717) is 17.9 Å². The first-order valence-electron chi connectivity index (χ1n) is 8.89. The highest BCUT2D eigenvalue weighted by molar-refractivity contribution is 5.95. The first kappa shape index (κ1) is 19.2. The summed E-state index contributed by atoms with van der Waals surface area (Å²) >= 11 is 0. The third-order valence-electron chi connectivity index (χ3n) is 4.87. The van der Waals surface area contributed by atoms with E-state index in [1.54, 1.807) is 6.92 Å². The summed E-state index contributed by atoms with van der Waals surface area (Å²) in [6.07, 6.45) is 4.33. The van der Waals surface area contributed by atoms with Gasteiger partial charge in [-0.3, -0.25) is 0 Å². The average Bonchev–Trinajstić information content (AvgIpc) is 2.56. The average molecular weight is 346 g/mol. The van der Waals surface area contributed by atoms with Crippen molar-refractivity contribution in [3.63, 3.8) is 0 Å². The van der Waals surface area contributed by atoms with Crippen LogP contribution in [0.1, 0.15) is 70.6 Å². The van der Waals surface area contributed by atoms with E-state index in [4.69, 9.17) is 9.84 Å². The van der Waals surface area contributed by atoms with E-state index in [0.717, 1.165) is 18.4 Å². The number of halogens is 1. The van der Waals surface area contributed by atoms with Crippen molar-refractivity contribution in [3.05, 3.63) is 40.7 Å². The molecule has 0 saturated heterocycles. The van der Waals surface area contributed by atoms with Gasteiger partial charge in [0.05, 0.1) is 6.61 Å². The third kappa shape index (κ3) is 3.63. The Morgan fingerprint density at radius 1 is 1.28 bits per heavy atom. The van der Waals surface area contributed by atoms with Crippen LogP contribution in [-0.4, -0.2) is 17.7 Å². The first-order chi connectivity index (χ1) is 11.8. The van der Waals surface area contributed by atoms with Crippen molar-refractivity contribution in [1.82, 2.24) is 0 Å². The molecule has 1 aromatic carbocycles. The van der Waals surface area contributed by atoms with Crippen LogP contribution in [0.15, 0.2) is 24.0 Å². The molecule has 0 heterocycles. The van der Waals surface area contributed by atoms with Gasteiger partial charge in [-0.2, -0.15) is 4.39 Å². The standard InChI is InChI=1S/C21H27FO3/c1-6-13-9-10-21(4,5)17-12-18(25-8-3)16(11-15(13)17)14(7-2)19(22)20(23)24/h9,11-12H,6-8,10H2,1-5H3,(H,23,24)/b19-14+. The van der Waals surface area contributed by atoms with E-state index < -0.39 is 11.8 Å². The van der Waals surface area contributed by atoms with Gasteiger partial charge < -0.3 is 9.84 Å². The normalized spacial score (nSPS) is 16.6. The minimum Gasteiger partial charge on any atom is -0.493 e. The topological polar surface area (TPSA) is 46.5 Å². The fourth-order valence-electron chi connectivity index (χ4n) is 3.44. The van der Waals surface area contributed by atoms with E-state index in [1.807, 2.05) is 19.1 Å². The first-order valence-corrected chi connectivity index (χ1v) is 8.89. The van der Waals surface area contributed by atoms with Crippen molar-refractivity contribution < 1.29 is 19.0 Å². The number of ether oxygens (including phenoxy) is 1. The minimum absolute atomic E-state index is 0.0418. The number of carboxylic acid groups (broad SMARTS) is 1. The van der Waals surface area contributed by atoms with Crippen molar-refractivity contribution >= 4 is 17.1 Å². The summed E-state index contributed by atoms with van der Waals surface area (Å²) in [6, 6.07) is 3.89. The molecule has 0 fully saturated rings. The molecule has 1 N–H and O–H groups in total. The van der Waals surface area contributed by atoms with Gasteiger partial charge >= 0.3 is 5.97 Å². The predicted molar refractivity (Wildman–Crippen MR) is 99.5 cm³/mol. The summed E-state index contributed by atoms with van der Waals surface area (Å²) in [5.41, 5.74) is 4.13. The number of hydrogen-bond donors (Lipinski definition) is 1. The maximum atomic E-state index is 14.3. The largest absolute Gasteiger partial charge is 0.493 e. The van der Waals surface area contributed by atoms with Gasteiger partial charge in [0.25, 0.3) is 0 Å². The molecular formula is C21H27FO3. The summed E-state index contributed by atoms with van der Waals surface area (Å²) in [5, 5.41) is 9.10. The van der Waals surface area contributed by atoms with E-state index in [2.05, 4.69) is 26.8 Å². The number of rotatable bonds is 6. The molecule has 0 saturated carbocycles. The van der Waals surface area contributed by atoms with Gasteiger partial charge in [-0.05, 0) is 60.4 Å². The lowest BCUT2D eigenvalue weighted by atomic mass is 9.72. The smallest absolute Gasteiger partial charge is 0.365 e. The van der Waals surface area contributed by atoms with E-state index >= 15 is 0 Å². The Balaban J connectivity index is 2.80. The van der Waals surface area contributed by atoms with Gasteiger partial charge in [-0.1, -0.05) is 33.8 Å². The van der Waals surface area contributed by atoms with Gasteiger partial charge in [-0.15, -0.1) is 0 Å². The Kier molecular flexibility index (Phi) is 5.71. The molecule has 25 heavy (non-hydrogen) atoms. The monoisotopic (exact) mass is 346 g/mol. The fourth-order valence-corrected chi connectivity index (χ4v) is 3.44. The number of benzene rings is 1. The molecule has 136 valence electrons. The summed E-state index contributed by atoms with van der Waals surface area (Å²) < 4.78 is 20.0. The maximum Gasteiger partial charge on any atom is 0.365 e. The highest BCUT2D eigenvalue weighted by atomic mass is 19.1. The van der Waals surface area contributed by atoms with Crippen LogP contribution in [0.2, 0.25) is 0 Å². The van der Waals surface area contributed by atoms with Crippen molar-refractivity contribution in [2.75, 3.05) is 6.61 Å². The number of fused-ring (bicyclic) bond motifs is 1. The fraction of sp³-hybridized carbons (Fsp3) is 0.476. The van der Waals surface area contributed by atoms with E-state index in [-0.39, 0.29) is 17.4 Å². The molecule has 0 aromatic heterocycles. The molecule has 1 aromatic rings. The Morgan fingerprint density at radius 3 is 2.48 bits per heavy atom. The molecule has 0 atom stereocenters. The van der Waals surface area contributed by atoms with Crippen LogP contribution in [0.4, 0.5) is 4.39 Å². The molecule has 1 aliphatic carbocycles. The van der Waals surface area contributed by atoms with Crippen molar-refractivity contribution in [2.45, 2.75) is 59.3 Å². The van der Waals surface area contributed by atoms with Crippen LogP contribution >= 0.6 is 0 Å². The van der Waals surface area contributed by atoms with Gasteiger partial charge in [0, 0.05) is 11.1 Å². The zero-order valence-corrected chi connectivity index (χ0v) is 15.7. The lowest BCUT2D eigenvalue weighted by Gasteiger charge is -2.33. The van der Waals surface area contributed by atoms with Crippen molar-refractivity contribution in [2.24, 2.45) is 0 Å².